The van der Waals surface area contributed by atoms with Gasteiger partial charge in [0, 0.05) is 23.7 Å². The number of amides is 1. The molecule has 0 radical (unpaired) electrons. The van der Waals surface area contributed by atoms with E-state index in [0.717, 1.165) is 47.5 Å². The molecule has 3 N–H and O–H groups in total. The number of carbonyl (C=O) groups excluding carboxylic acids is 1. The zero-order valence-electron chi connectivity index (χ0n) is 30.1. The second kappa shape index (κ2) is 17.7. The molecule has 0 saturated carbocycles. The molecule has 4 aromatic carbocycles. The van der Waals surface area contributed by atoms with Crippen LogP contribution in [0.25, 0.3) is 0 Å². The number of aliphatic hydroxyl groups excluding tert-OH is 1. The van der Waals surface area contributed by atoms with E-state index in [0.29, 0.717) is 5.69 Å². The third-order valence-electron chi connectivity index (χ3n) is 10.2. The Labute approximate surface area is 308 Å². The van der Waals surface area contributed by atoms with Gasteiger partial charge in [0.2, 0.25) is 15.9 Å². The lowest BCUT2D eigenvalue weighted by molar-refractivity contribution is -0.276. The predicted octanol–water partition coefficient (Wildman–Crippen LogP) is 7.07. The Kier molecular flexibility index (Phi) is 12.9. The van der Waals surface area contributed by atoms with Crippen molar-refractivity contribution in [1.29, 1.82) is 0 Å². The van der Waals surface area contributed by atoms with Gasteiger partial charge in [-0.2, -0.15) is 4.72 Å². The van der Waals surface area contributed by atoms with Crippen LogP contribution in [0, 0.1) is 12.8 Å². The molecule has 0 unspecified atom stereocenters. The molecule has 52 heavy (non-hydrogen) atoms. The van der Waals surface area contributed by atoms with Crippen molar-refractivity contribution in [2.45, 2.75) is 88.4 Å². The molecular weight excluding hydrogens is 675 g/mol. The van der Waals surface area contributed by atoms with Crippen molar-refractivity contribution in [3.63, 3.8) is 0 Å². The molecule has 2 aliphatic heterocycles. The normalized spacial score (nSPS) is 22.2. The van der Waals surface area contributed by atoms with Crippen LogP contribution in [0.3, 0.4) is 0 Å². The topological polar surface area (TPSA) is 117 Å². The molecule has 1 amide bonds. The van der Waals surface area contributed by atoms with Gasteiger partial charge in [-0.3, -0.25) is 4.79 Å². The summed E-state index contributed by atoms with van der Waals surface area (Å²) < 4.78 is 42.7. The average molecular weight is 726 g/mol. The number of ether oxygens (including phenoxy) is 2. The molecule has 2 saturated heterocycles. The third kappa shape index (κ3) is 9.95. The number of sulfonamides is 1. The van der Waals surface area contributed by atoms with Gasteiger partial charge in [0.1, 0.15) is 6.04 Å². The summed E-state index contributed by atoms with van der Waals surface area (Å²) in [6.45, 7) is 7.01. The largest absolute Gasteiger partial charge is 0.392 e. The van der Waals surface area contributed by atoms with Crippen molar-refractivity contribution in [2.75, 3.05) is 25.0 Å². The van der Waals surface area contributed by atoms with Gasteiger partial charge in [-0.15, -0.1) is 0 Å². The first-order valence-electron chi connectivity index (χ1n) is 18.5. The van der Waals surface area contributed by atoms with Crippen LogP contribution in [-0.2, 0) is 37.3 Å². The van der Waals surface area contributed by atoms with Crippen LogP contribution >= 0.6 is 0 Å². The second-order valence-corrected chi connectivity index (χ2v) is 15.9. The SMILES string of the molecule is Cc1ccc(S(=O)(=O)N[C@H](Cc2ccccc2)C(=O)Nc2ccc([C@@H]3O[C@H](CN4CCCCCCC4)[C@H](C)[C@H](c4ccc(CO)cc4)O3)cc2)cc1. The summed E-state index contributed by atoms with van der Waals surface area (Å²) in [7, 11) is -3.97. The average Bonchev–Trinajstić information content (AvgIpc) is 3.14. The maximum Gasteiger partial charge on any atom is 0.242 e. The van der Waals surface area contributed by atoms with E-state index in [1.165, 1.54) is 32.1 Å². The number of nitrogens with zero attached hydrogens (tertiary/aromatic N) is 1. The Balaban J connectivity index is 1.19. The Morgan fingerprint density at radius 3 is 2.10 bits per heavy atom. The Morgan fingerprint density at radius 1 is 0.808 bits per heavy atom. The maximum atomic E-state index is 13.7. The van der Waals surface area contributed by atoms with E-state index < -0.39 is 28.3 Å². The molecule has 2 fully saturated rings. The van der Waals surface area contributed by atoms with E-state index in [1.54, 1.807) is 36.4 Å². The van der Waals surface area contributed by atoms with Crippen LogP contribution in [0.5, 0.6) is 0 Å². The molecular formula is C42H51N3O6S. The molecule has 0 spiro atoms. The number of hydrogen-bond acceptors (Lipinski definition) is 7. The molecule has 276 valence electrons. The first-order valence-corrected chi connectivity index (χ1v) is 19.9. The monoisotopic (exact) mass is 725 g/mol. The molecule has 4 aromatic rings. The minimum Gasteiger partial charge on any atom is -0.392 e. The van der Waals surface area contributed by atoms with E-state index in [-0.39, 0.29) is 36.0 Å². The van der Waals surface area contributed by atoms with Crippen molar-refractivity contribution < 1.29 is 27.8 Å². The molecule has 0 bridgehead atoms. The van der Waals surface area contributed by atoms with E-state index >= 15 is 0 Å². The van der Waals surface area contributed by atoms with E-state index in [1.807, 2.05) is 73.7 Å². The maximum absolute atomic E-state index is 13.7. The van der Waals surface area contributed by atoms with Crippen molar-refractivity contribution in [1.82, 2.24) is 9.62 Å². The zero-order chi connectivity index (χ0) is 36.5. The number of aliphatic hydroxyl groups is 1. The van der Waals surface area contributed by atoms with Crippen molar-refractivity contribution >= 4 is 21.6 Å². The van der Waals surface area contributed by atoms with Gasteiger partial charge in [0.05, 0.1) is 23.7 Å². The summed E-state index contributed by atoms with van der Waals surface area (Å²) in [5.74, 6) is -0.378. The molecule has 0 aromatic heterocycles. The lowest BCUT2D eigenvalue weighted by Crippen LogP contribution is -2.45. The summed E-state index contributed by atoms with van der Waals surface area (Å²) in [4.78, 5) is 16.4. The van der Waals surface area contributed by atoms with Gasteiger partial charge < -0.3 is 24.8 Å². The fourth-order valence-corrected chi connectivity index (χ4v) is 8.24. The van der Waals surface area contributed by atoms with E-state index in [9.17, 15) is 18.3 Å². The Bertz CT molecular complexity index is 1830. The highest BCUT2D eigenvalue weighted by Crippen LogP contribution is 2.42. The number of aryl methyl sites for hydroxylation is 1. The Hall–Kier alpha value is -3.90. The first kappa shape index (κ1) is 37.8. The smallest absolute Gasteiger partial charge is 0.242 e. The number of carbonyl (C=O) groups is 1. The number of benzene rings is 4. The van der Waals surface area contributed by atoms with E-state index in [2.05, 4.69) is 21.9 Å². The van der Waals surface area contributed by atoms with Crippen LogP contribution in [-0.4, -0.2) is 56.1 Å². The molecule has 9 nitrogen and oxygen atoms in total. The van der Waals surface area contributed by atoms with Gasteiger partial charge in [-0.25, -0.2) is 8.42 Å². The molecule has 0 aliphatic carbocycles. The van der Waals surface area contributed by atoms with Crippen LogP contribution < -0.4 is 10.0 Å². The summed E-state index contributed by atoms with van der Waals surface area (Å²) in [6.07, 6.45) is 5.48. The van der Waals surface area contributed by atoms with Gasteiger partial charge in [-0.05, 0) is 80.2 Å². The molecule has 6 rings (SSSR count). The number of nitrogens with one attached hydrogen (secondary N) is 2. The van der Waals surface area contributed by atoms with E-state index in [4.69, 9.17) is 9.47 Å². The number of likely N-dealkylation sites (tertiary alicyclic amines) is 1. The second-order valence-electron chi connectivity index (χ2n) is 14.2. The van der Waals surface area contributed by atoms with Crippen molar-refractivity contribution in [2.24, 2.45) is 5.92 Å². The standard InChI is InChI=1S/C42H51N3O6S/c1-30-13-23-37(24-14-30)52(48,49)44-38(27-32-11-7-6-8-12-32)41(47)43-36-21-19-35(20-22-36)42-50-39(28-45-25-9-4-3-5-10-26-45)31(2)40(51-42)34-17-15-33(29-46)16-18-34/h6-8,11-24,31,38-40,42,44,46H,3-5,9-10,25-29H2,1-2H3,(H,43,47)/t31-,38+,39+,40+,42+/m0/s1. The zero-order valence-corrected chi connectivity index (χ0v) is 30.9. The minimum absolute atomic E-state index is 0.0147. The van der Waals surface area contributed by atoms with Crippen LogP contribution in [0.2, 0.25) is 0 Å². The summed E-state index contributed by atoms with van der Waals surface area (Å²) in [5.41, 5.74) is 5.01. The number of anilines is 1. The lowest BCUT2D eigenvalue weighted by Gasteiger charge is -2.43. The summed E-state index contributed by atoms with van der Waals surface area (Å²) in [5, 5.41) is 12.5. The summed E-state index contributed by atoms with van der Waals surface area (Å²) >= 11 is 0. The fourth-order valence-electron chi connectivity index (χ4n) is 7.04. The highest BCUT2D eigenvalue weighted by atomic mass is 32.2. The van der Waals surface area contributed by atoms with Crippen LogP contribution in [0.1, 0.15) is 79.2 Å². The highest BCUT2D eigenvalue weighted by molar-refractivity contribution is 7.89. The Morgan fingerprint density at radius 2 is 1.44 bits per heavy atom. The first-order chi connectivity index (χ1) is 25.2. The van der Waals surface area contributed by atoms with Gasteiger partial charge in [0.15, 0.2) is 6.29 Å². The highest BCUT2D eigenvalue weighted by Gasteiger charge is 2.39. The van der Waals surface area contributed by atoms with Crippen molar-refractivity contribution in [3.05, 3.63) is 131 Å². The minimum atomic E-state index is -3.97. The van der Waals surface area contributed by atoms with Crippen molar-refractivity contribution in [3.8, 4) is 0 Å². The fraction of sp³-hybridized carbons (Fsp3) is 0.405. The van der Waals surface area contributed by atoms with Gasteiger partial charge in [0.25, 0.3) is 0 Å². The quantitative estimate of drug-likeness (QED) is 0.143. The van der Waals surface area contributed by atoms with Crippen LogP contribution in [0.4, 0.5) is 5.69 Å². The lowest BCUT2D eigenvalue weighted by atomic mass is 9.89. The predicted molar refractivity (Wildman–Crippen MR) is 203 cm³/mol. The third-order valence-corrected chi connectivity index (χ3v) is 11.7. The van der Waals surface area contributed by atoms with Gasteiger partial charge in [-0.1, -0.05) is 111 Å². The van der Waals surface area contributed by atoms with Gasteiger partial charge >= 0.3 is 0 Å². The molecule has 2 aliphatic rings. The molecule has 5 atom stereocenters. The number of rotatable bonds is 12. The summed E-state index contributed by atoms with van der Waals surface area (Å²) in [6, 6.07) is 30.1. The molecule has 10 heteroatoms. The van der Waals surface area contributed by atoms with Crippen LogP contribution in [0.15, 0.2) is 108 Å². The molecule has 2 heterocycles. The number of hydrogen-bond donors (Lipinski definition) is 3.